The third-order valence-electron chi connectivity index (χ3n) is 4.46. The lowest BCUT2D eigenvalue weighted by atomic mass is 10.2. The van der Waals surface area contributed by atoms with Crippen molar-refractivity contribution in [3.63, 3.8) is 0 Å². The Bertz CT molecular complexity index is 1150. The molecule has 3 aromatic rings. The van der Waals surface area contributed by atoms with Crippen molar-refractivity contribution in [2.24, 2.45) is 4.99 Å². The zero-order valence-corrected chi connectivity index (χ0v) is 17.9. The van der Waals surface area contributed by atoms with Gasteiger partial charge in [0.25, 0.3) is 5.91 Å². The number of carbonyl (C=O) groups is 2. The number of methoxy groups -OCH3 is 4. The first-order valence-electron chi connectivity index (χ1n) is 9.04. The molecule has 0 radical (unpaired) electrons. The second kappa shape index (κ2) is 9.55. The van der Waals surface area contributed by atoms with Crippen LogP contribution >= 0.6 is 11.3 Å². The normalized spacial score (nSPS) is 11.5. The molecular weight excluding hydrogens is 408 g/mol. The first-order valence-corrected chi connectivity index (χ1v) is 9.85. The summed E-state index contributed by atoms with van der Waals surface area (Å²) in [6, 6.07) is 10.2. The summed E-state index contributed by atoms with van der Waals surface area (Å²) in [4.78, 5) is 29.6. The zero-order chi connectivity index (χ0) is 21.7. The molecule has 9 heteroatoms. The highest BCUT2D eigenvalue weighted by Gasteiger charge is 2.15. The number of amides is 1. The van der Waals surface area contributed by atoms with Gasteiger partial charge in [0.2, 0.25) is 0 Å². The van der Waals surface area contributed by atoms with E-state index >= 15 is 0 Å². The fraction of sp³-hybridized carbons (Fsp3) is 0.286. The Morgan fingerprint density at radius 3 is 2.50 bits per heavy atom. The van der Waals surface area contributed by atoms with Gasteiger partial charge in [-0.25, -0.2) is 4.79 Å². The molecular formula is C21H22N2O6S. The van der Waals surface area contributed by atoms with Crippen LogP contribution in [0.4, 0.5) is 0 Å². The highest BCUT2D eigenvalue weighted by molar-refractivity contribution is 7.16. The fourth-order valence-electron chi connectivity index (χ4n) is 2.92. The highest BCUT2D eigenvalue weighted by atomic mass is 32.1. The molecule has 0 aliphatic carbocycles. The molecule has 0 N–H and O–H groups in total. The molecule has 158 valence electrons. The van der Waals surface area contributed by atoms with E-state index in [1.54, 1.807) is 44.6 Å². The maximum Gasteiger partial charge on any atom is 0.337 e. The number of rotatable bonds is 7. The molecule has 1 amide bonds. The lowest BCUT2D eigenvalue weighted by Crippen LogP contribution is -2.19. The number of nitrogens with zero attached hydrogens (tertiary/aromatic N) is 2. The van der Waals surface area contributed by atoms with E-state index in [0.29, 0.717) is 40.6 Å². The molecule has 0 spiro atoms. The summed E-state index contributed by atoms with van der Waals surface area (Å²) in [5.74, 6) is 0.0862. The van der Waals surface area contributed by atoms with Crippen LogP contribution in [-0.4, -0.2) is 51.5 Å². The Hall–Kier alpha value is -3.17. The molecule has 1 heterocycles. The van der Waals surface area contributed by atoms with Crippen LogP contribution in [0.2, 0.25) is 0 Å². The molecule has 0 bridgehead atoms. The second-order valence-electron chi connectivity index (χ2n) is 6.19. The lowest BCUT2D eigenvalue weighted by molar-refractivity contribution is 0.0600. The third kappa shape index (κ3) is 4.37. The van der Waals surface area contributed by atoms with Crippen LogP contribution in [0.1, 0.15) is 20.7 Å². The summed E-state index contributed by atoms with van der Waals surface area (Å²) in [7, 11) is 5.97. The predicted octanol–water partition coefficient (Wildman–Crippen LogP) is 2.89. The number of carbonyl (C=O) groups excluding carboxylic acids is 2. The Labute approximate surface area is 177 Å². The molecule has 0 aliphatic rings. The van der Waals surface area contributed by atoms with E-state index in [1.807, 2.05) is 10.6 Å². The number of esters is 1. The summed E-state index contributed by atoms with van der Waals surface area (Å²) in [5, 5.41) is 0. The standard InChI is InChI=1S/C21H22N2O6S/c1-26-10-9-23-16-8-5-13(20(25)29-4)11-18(16)30-21(23)22-19(24)15-7-6-14(27-2)12-17(15)28-3/h5-8,11-12H,9-10H2,1-4H3. The van der Waals surface area contributed by atoms with Gasteiger partial charge in [-0.1, -0.05) is 11.3 Å². The summed E-state index contributed by atoms with van der Waals surface area (Å²) < 4.78 is 23.2. The van der Waals surface area contributed by atoms with Crippen molar-refractivity contribution in [3.05, 3.63) is 52.3 Å². The minimum Gasteiger partial charge on any atom is -0.497 e. The minimum absolute atomic E-state index is 0.323. The van der Waals surface area contributed by atoms with Gasteiger partial charge in [0.1, 0.15) is 11.5 Å². The number of benzene rings is 2. The van der Waals surface area contributed by atoms with Gasteiger partial charge in [-0.05, 0) is 30.3 Å². The second-order valence-corrected chi connectivity index (χ2v) is 7.20. The molecule has 3 rings (SSSR count). The van der Waals surface area contributed by atoms with Crippen LogP contribution in [0.15, 0.2) is 41.4 Å². The maximum atomic E-state index is 12.9. The number of thiazole rings is 1. The van der Waals surface area contributed by atoms with E-state index in [0.717, 1.165) is 10.2 Å². The van der Waals surface area contributed by atoms with Crippen molar-refractivity contribution in [2.45, 2.75) is 6.54 Å². The van der Waals surface area contributed by atoms with Crippen LogP contribution in [0.5, 0.6) is 11.5 Å². The summed E-state index contributed by atoms with van der Waals surface area (Å²) in [6.07, 6.45) is 0. The number of hydrogen-bond acceptors (Lipinski definition) is 7. The molecule has 30 heavy (non-hydrogen) atoms. The van der Waals surface area contributed by atoms with Crippen molar-refractivity contribution >= 4 is 33.4 Å². The maximum absolute atomic E-state index is 12.9. The van der Waals surface area contributed by atoms with Crippen molar-refractivity contribution in [3.8, 4) is 11.5 Å². The number of fused-ring (bicyclic) bond motifs is 1. The molecule has 0 unspecified atom stereocenters. The van der Waals surface area contributed by atoms with E-state index in [4.69, 9.17) is 18.9 Å². The van der Waals surface area contributed by atoms with Crippen molar-refractivity contribution < 1.29 is 28.5 Å². The molecule has 8 nitrogen and oxygen atoms in total. The van der Waals surface area contributed by atoms with Gasteiger partial charge in [0, 0.05) is 19.7 Å². The average molecular weight is 430 g/mol. The SMILES string of the molecule is COCCn1c(=NC(=O)c2ccc(OC)cc2OC)sc2cc(C(=O)OC)ccc21. The topological polar surface area (TPSA) is 88.4 Å². The van der Waals surface area contributed by atoms with E-state index in [-0.39, 0.29) is 0 Å². The molecule has 2 aromatic carbocycles. The molecule has 0 atom stereocenters. The van der Waals surface area contributed by atoms with Crippen LogP contribution in [0.3, 0.4) is 0 Å². The van der Waals surface area contributed by atoms with Crippen LogP contribution in [0, 0.1) is 0 Å². The average Bonchev–Trinajstić information content (AvgIpc) is 3.12. The van der Waals surface area contributed by atoms with E-state index < -0.39 is 11.9 Å². The Kier molecular flexibility index (Phi) is 6.86. The number of hydrogen-bond donors (Lipinski definition) is 0. The van der Waals surface area contributed by atoms with Crippen molar-refractivity contribution in [2.75, 3.05) is 35.0 Å². The first-order chi connectivity index (χ1) is 14.5. The van der Waals surface area contributed by atoms with Crippen LogP contribution < -0.4 is 14.3 Å². The van der Waals surface area contributed by atoms with Gasteiger partial charge in [0.05, 0.1) is 49.3 Å². The zero-order valence-electron chi connectivity index (χ0n) is 17.1. The van der Waals surface area contributed by atoms with Gasteiger partial charge in [-0.3, -0.25) is 4.79 Å². The van der Waals surface area contributed by atoms with Gasteiger partial charge in [-0.2, -0.15) is 4.99 Å². The summed E-state index contributed by atoms with van der Waals surface area (Å²) >= 11 is 1.31. The molecule has 0 saturated heterocycles. The van der Waals surface area contributed by atoms with Crippen molar-refractivity contribution in [1.29, 1.82) is 0 Å². The smallest absolute Gasteiger partial charge is 0.337 e. The minimum atomic E-state index is -0.444. The van der Waals surface area contributed by atoms with Crippen LogP contribution in [-0.2, 0) is 16.0 Å². The van der Waals surface area contributed by atoms with Gasteiger partial charge < -0.3 is 23.5 Å². The Balaban J connectivity index is 2.12. The third-order valence-corrected chi connectivity index (χ3v) is 5.50. The quantitative estimate of drug-likeness (QED) is 0.536. The molecule has 0 saturated carbocycles. The fourth-order valence-corrected chi connectivity index (χ4v) is 4.02. The summed E-state index contributed by atoms with van der Waals surface area (Å²) in [5.41, 5.74) is 1.60. The van der Waals surface area contributed by atoms with E-state index in [2.05, 4.69) is 4.99 Å². The monoisotopic (exact) mass is 430 g/mol. The highest BCUT2D eigenvalue weighted by Crippen LogP contribution is 2.25. The number of ether oxygens (including phenoxy) is 4. The van der Waals surface area contributed by atoms with Crippen LogP contribution in [0.25, 0.3) is 10.2 Å². The van der Waals surface area contributed by atoms with Gasteiger partial charge in [-0.15, -0.1) is 0 Å². The first kappa shape index (κ1) is 21.5. The van der Waals surface area contributed by atoms with E-state index in [9.17, 15) is 9.59 Å². The lowest BCUT2D eigenvalue weighted by Gasteiger charge is -2.08. The largest absolute Gasteiger partial charge is 0.497 e. The number of aromatic nitrogens is 1. The summed E-state index contributed by atoms with van der Waals surface area (Å²) in [6.45, 7) is 0.942. The molecule has 0 fully saturated rings. The predicted molar refractivity (Wildman–Crippen MR) is 112 cm³/mol. The molecule has 1 aromatic heterocycles. The van der Waals surface area contributed by atoms with Crippen molar-refractivity contribution in [1.82, 2.24) is 4.57 Å². The van der Waals surface area contributed by atoms with Gasteiger partial charge >= 0.3 is 5.97 Å². The Morgan fingerprint density at radius 1 is 1.03 bits per heavy atom. The molecule has 0 aliphatic heterocycles. The Morgan fingerprint density at radius 2 is 1.83 bits per heavy atom. The van der Waals surface area contributed by atoms with E-state index in [1.165, 1.54) is 25.6 Å². The van der Waals surface area contributed by atoms with Gasteiger partial charge in [0.15, 0.2) is 4.80 Å².